The second-order valence-electron chi connectivity index (χ2n) is 2.98. The lowest BCUT2D eigenvalue weighted by molar-refractivity contribution is 0.0947. The maximum absolute atomic E-state index is 11.8. The summed E-state index contributed by atoms with van der Waals surface area (Å²) in [6, 6.07) is 9.12. The third-order valence-electron chi connectivity index (χ3n) is 2.02. The Morgan fingerprint density at radius 2 is 2.14 bits per heavy atom. The van der Waals surface area contributed by atoms with E-state index in [0.717, 1.165) is 0 Å². The molecule has 0 aliphatic heterocycles. The van der Waals surface area contributed by atoms with Crippen LogP contribution in [0.2, 0.25) is 0 Å². The van der Waals surface area contributed by atoms with Gasteiger partial charge in [-0.25, -0.2) is 0 Å². The highest BCUT2D eigenvalue weighted by Crippen LogP contribution is 2.12. The third-order valence-corrected chi connectivity index (χ3v) is 2.02. The highest BCUT2D eigenvalue weighted by atomic mass is 16.1. The van der Waals surface area contributed by atoms with Crippen LogP contribution in [0.25, 0.3) is 0 Å². The van der Waals surface area contributed by atoms with E-state index < -0.39 is 0 Å². The molecule has 0 aliphatic carbocycles. The van der Waals surface area contributed by atoms with Gasteiger partial charge in [-0.05, 0) is 0 Å². The minimum atomic E-state index is -0.262. The van der Waals surface area contributed by atoms with Crippen molar-refractivity contribution in [3.8, 4) is 12.3 Å². The predicted molar refractivity (Wildman–Crippen MR) is 57.9 cm³/mol. The number of Topliss-reactive ketones (excluding diaryl/α,β-unsaturated/α-hetero) is 1. The zero-order valence-electron chi connectivity index (χ0n) is 7.94. The maximum Gasteiger partial charge on any atom is 0.170 e. The van der Waals surface area contributed by atoms with Gasteiger partial charge in [0.1, 0.15) is 0 Å². The van der Waals surface area contributed by atoms with Gasteiger partial charge < -0.3 is 0 Å². The number of allylic oxidation sites excluding steroid dienone is 1. The molecule has 1 heteroatoms. The molecule has 1 nitrogen and oxygen atoms in total. The molecule has 1 aromatic carbocycles. The Labute approximate surface area is 84.5 Å². The van der Waals surface area contributed by atoms with Crippen LogP contribution < -0.4 is 0 Å². The first-order chi connectivity index (χ1) is 6.79. The molecule has 1 rings (SSSR count). The SMILES string of the molecule is C#CCC(C=C)C(=O)c1ccccc1. The molecule has 0 aliphatic rings. The van der Waals surface area contributed by atoms with Crippen molar-refractivity contribution >= 4 is 5.78 Å². The number of ketones is 1. The molecule has 0 fully saturated rings. The van der Waals surface area contributed by atoms with E-state index in [9.17, 15) is 4.79 Å². The van der Waals surface area contributed by atoms with Crippen LogP contribution in [0.1, 0.15) is 16.8 Å². The van der Waals surface area contributed by atoms with Crippen molar-refractivity contribution in [3.63, 3.8) is 0 Å². The second kappa shape index (κ2) is 5.04. The van der Waals surface area contributed by atoms with Gasteiger partial charge in [0.2, 0.25) is 0 Å². The molecular weight excluding hydrogens is 172 g/mol. The Bertz CT molecular complexity index is 357. The summed E-state index contributed by atoms with van der Waals surface area (Å²) >= 11 is 0. The summed E-state index contributed by atoms with van der Waals surface area (Å²) in [6.45, 7) is 3.61. The third kappa shape index (κ3) is 2.34. The fourth-order valence-corrected chi connectivity index (χ4v) is 1.23. The number of benzene rings is 1. The average molecular weight is 184 g/mol. The average Bonchev–Trinajstić information content (AvgIpc) is 2.26. The van der Waals surface area contributed by atoms with Crippen molar-refractivity contribution in [1.29, 1.82) is 0 Å². The van der Waals surface area contributed by atoms with Crippen LogP contribution >= 0.6 is 0 Å². The number of terminal acetylenes is 1. The van der Waals surface area contributed by atoms with E-state index in [0.29, 0.717) is 12.0 Å². The quantitative estimate of drug-likeness (QED) is 0.399. The number of rotatable bonds is 4. The monoisotopic (exact) mass is 184 g/mol. The summed E-state index contributed by atoms with van der Waals surface area (Å²) in [4.78, 5) is 11.8. The topological polar surface area (TPSA) is 17.1 Å². The minimum absolute atomic E-state index is 0.0403. The van der Waals surface area contributed by atoms with Crippen molar-refractivity contribution < 1.29 is 4.79 Å². The lowest BCUT2D eigenvalue weighted by Crippen LogP contribution is -2.11. The van der Waals surface area contributed by atoms with E-state index in [1.165, 1.54) is 0 Å². The van der Waals surface area contributed by atoms with Crippen LogP contribution in [0.4, 0.5) is 0 Å². The zero-order valence-corrected chi connectivity index (χ0v) is 7.94. The molecule has 0 spiro atoms. The molecule has 14 heavy (non-hydrogen) atoms. The molecule has 1 unspecified atom stereocenters. The lowest BCUT2D eigenvalue weighted by atomic mass is 9.95. The molecule has 0 bridgehead atoms. The summed E-state index contributed by atoms with van der Waals surface area (Å²) in [5.74, 6) is 2.26. The van der Waals surface area contributed by atoms with Gasteiger partial charge in [-0.1, -0.05) is 36.4 Å². The molecular formula is C13H12O. The second-order valence-corrected chi connectivity index (χ2v) is 2.98. The van der Waals surface area contributed by atoms with Crippen molar-refractivity contribution in [2.45, 2.75) is 6.42 Å². The summed E-state index contributed by atoms with van der Waals surface area (Å²) in [6.07, 6.45) is 7.19. The standard InChI is InChI=1S/C13H12O/c1-3-8-11(4-2)13(14)12-9-6-5-7-10-12/h1,4-7,9-11H,2,8H2. The molecule has 1 aromatic rings. The van der Waals surface area contributed by atoms with Gasteiger partial charge in [0.05, 0.1) is 5.92 Å². The van der Waals surface area contributed by atoms with Crippen molar-refractivity contribution in [2.75, 3.05) is 0 Å². The Morgan fingerprint density at radius 3 is 2.64 bits per heavy atom. The van der Waals surface area contributed by atoms with E-state index in [1.807, 2.05) is 18.2 Å². The van der Waals surface area contributed by atoms with E-state index in [-0.39, 0.29) is 11.7 Å². The largest absolute Gasteiger partial charge is 0.293 e. The van der Waals surface area contributed by atoms with Crippen molar-refractivity contribution in [2.24, 2.45) is 5.92 Å². The van der Waals surface area contributed by atoms with E-state index in [4.69, 9.17) is 6.42 Å². The minimum Gasteiger partial charge on any atom is -0.293 e. The molecule has 1 atom stereocenters. The fourth-order valence-electron chi connectivity index (χ4n) is 1.23. The number of carbonyl (C=O) groups is 1. The molecule has 0 heterocycles. The Kier molecular flexibility index (Phi) is 3.69. The zero-order chi connectivity index (χ0) is 10.4. The van der Waals surface area contributed by atoms with E-state index >= 15 is 0 Å². The van der Waals surface area contributed by atoms with Crippen LogP contribution in [-0.4, -0.2) is 5.78 Å². The Hall–Kier alpha value is -1.81. The molecule has 0 N–H and O–H groups in total. The Balaban J connectivity index is 2.84. The maximum atomic E-state index is 11.8. The van der Waals surface area contributed by atoms with Crippen LogP contribution in [-0.2, 0) is 0 Å². The van der Waals surface area contributed by atoms with Crippen LogP contribution in [0.5, 0.6) is 0 Å². The van der Waals surface area contributed by atoms with Crippen LogP contribution in [0.3, 0.4) is 0 Å². The molecule has 70 valence electrons. The van der Waals surface area contributed by atoms with Gasteiger partial charge in [0.25, 0.3) is 0 Å². The van der Waals surface area contributed by atoms with Gasteiger partial charge in [-0.2, -0.15) is 0 Å². The summed E-state index contributed by atoms with van der Waals surface area (Å²) in [7, 11) is 0. The van der Waals surface area contributed by atoms with Gasteiger partial charge in [0.15, 0.2) is 5.78 Å². The lowest BCUT2D eigenvalue weighted by Gasteiger charge is -2.07. The van der Waals surface area contributed by atoms with Gasteiger partial charge in [-0.15, -0.1) is 18.9 Å². The van der Waals surface area contributed by atoms with Crippen molar-refractivity contribution in [3.05, 3.63) is 48.6 Å². The van der Waals surface area contributed by atoms with Crippen LogP contribution in [0.15, 0.2) is 43.0 Å². The molecule has 0 saturated heterocycles. The number of hydrogen-bond acceptors (Lipinski definition) is 1. The normalized spacial score (nSPS) is 11.4. The molecule has 0 amide bonds. The molecule has 0 radical (unpaired) electrons. The van der Waals surface area contributed by atoms with Gasteiger partial charge >= 0.3 is 0 Å². The first kappa shape index (κ1) is 10.3. The van der Waals surface area contributed by atoms with Crippen LogP contribution in [0, 0.1) is 18.3 Å². The van der Waals surface area contributed by atoms with Gasteiger partial charge in [0, 0.05) is 12.0 Å². The Morgan fingerprint density at radius 1 is 1.50 bits per heavy atom. The van der Waals surface area contributed by atoms with Crippen molar-refractivity contribution in [1.82, 2.24) is 0 Å². The highest BCUT2D eigenvalue weighted by molar-refractivity contribution is 5.98. The molecule has 0 saturated carbocycles. The summed E-state index contributed by atoms with van der Waals surface area (Å²) in [5.41, 5.74) is 0.688. The number of hydrogen-bond donors (Lipinski definition) is 0. The first-order valence-corrected chi connectivity index (χ1v) is 4.45. The van der Waals surface area contributed by atoms with Gasteiger partial charge in [-0.3, -0.25) is 4.79 Å². The highest BCUT2D eigenvalue weighted by Gasteiger charge is 2.14. The summed E-state index contributed by atoms with van der Waals surface area (Å²) < 4.78 is 0. The van der Waals surface area contributed by atoms with E-state index in [1.54, 1.807) is 18.2 Å². The fraction of sp³-hybridized carbons (Fsp3) is 0.154. The summed E-state index contributed by atoms with van der Waals surface area (Å²) in [5, 5.41) is 0. The first-order valence-electron chi connectivity index (χ1n) is 4.45. The van der Waals surface area contributed by atoms with E-state index in [2.05, 4.69) is 12.5 Å². The smallest absolute Gasteiger partial charge is 0.170 e. The molecule has 0 aromatic heterocycles. The predicted octanol–water partition coefficient (Wildman–Crippen LogP) is 2.69. The number of carbonyl (C=O) groups excluding carboxylic acids is 1.